The number of benzene rings is 1. The summed E-state index contributed by atoms with van der Waals surface area (Å²) in [5.41, 5.74) is 4.42. The van der Waals surface area contributed by atoms with Gasteiger partial charge in [-0.25, -0.2) is 0 Å². The second-order valence-electron chi connectivity index (χ2n) is 7.79. The topological polar surface area (TPSA) is 32.3 Å². The fourth-order valence-electron chi connectivity index (χ4n) is 5.43. The van der Waals surface area contributed by atoms with Gasteiger partial charge in [0, 0.05) is 12.5 Å². The molecule has 0 aromatic heterocycles. The molecule has 1 atom stereocenters. The molecule has 1 N–H and O–H groups in total. The highest BCUT2D eigenvalue weighted by atomic mass is 32.1. The Morgan fingerprint density at radius 3 is 2.19 bits per heavy atom. The van der Waals surface area contributed by atoms with E-state index < -0.39 is 5.54 Å². The van der Waals surface area contributed by atoms with Crippen molar-refractivity contribution in [2.24, 2.45) is 5.41 Å². The van der Waals surface area contributed by atoms with Crippen molar-refractivity contribution >= 4 is 23.2 Å². The summed E-state index contributed by atoms with van der Waals surface area (Å²) in [4.78, 5) is 15.2. The average molecular weight is 367 g/mol. The lowest BCUT2D eigenvalue weighted by molar-refractivity contribution is -0.132. The van der Waals surface area contributed by atoms with E-state index in [1.165, 1.54) is 16.7 Å². The van der Waals surface area contributed by atoms with Crippen molar-refractivity contribution in [2.45, 2.75) is 51.5 Å². The van der Waals surface area contributed by atoms with Crippen LogP contribution in [0.15, 0.2) is 47.6 Å². The summed E-state index contributed by atoms with van der Waals surface area (Å²) in [6.45, 7) is 4.12. The molecule has 3 nitrogen and oxygen atoms in total. The summed E-state index contributed by atoms with van der Waals surface area (Å²) >= 11 is 5.51. The largest absolute Gasteiger partial charge is 0.344 e. The molecule has 1 aliphatic heterocycles. The van der Waals surface area contributed by atoms with Gasteiger partial charge in [0.2, 0.25) is 0 Å². The molecule has 4 rings (SSSR count). The van der Waals surface area contributed by atoms with Crippen LogP contribution in [0.4, 0.5) is 0 Å². The monoisotopic (exact) mass is 366 g/mol. The highest BCUT2D eigenvalue weighted by molar-refractivity contribution is 7.80. The van der Waals surface area contributed by atoms with E-state index in [-0.39, 0.29) is 11.3 Å². The third-order valence-corrected chi connectivity index (χ3v) is 7.18. The second-order valence-corrected chi connectivity index (χ2v) is 8.17. The fourth-order valence-corrected chi connectivity index (χ4v) is 5.67. The molecule has 1 aromatic rings. The number of carbonyl (C=O) groups excluding carboxylic acids is 1. The molecule has 1 heterocycles. The Morgan fingerprint density at radius 1 is 1.12 bits per heavy atom. The van der Waals surface area contributed by atoms with Gasteiger partial charge in [-0.1, -0.05) is 36.4 Å². The van der Waals surface area contributed by atoms with Gasteiger partial charge in [-0.2, -0.15) is 0 Å². The molecule has 2 aliphatic carbocycles. The standard InChI is InChI=1S/C22H26N2OS/c1-4-15-14-21(12-10-16-8-6-7-9-17(16)11-13-21)22(18(15)5-2)19(25)24(3)20(26)23-22/h4-9H,10-14H2,1-3H3,(H,23,26). The van der Waals surface area contributed by atoms with Gasteiger partial charge in [0.05, 0.1) is 0 Å². The van der Waals surface area contributed by atoms with Gasteiger partial charge >= 0.3 is 0 Å². The molecule has 1 amide bonds. The van der Waals surface area contributed by atoms with Crippen LogP contribution in [-0.2, 0) is 17.6 Å². The van der Waals surface area contributed by atoms with Gasteiger partial charge in [0.25, 0.3) is 5.91 Å². The number of nitrogens with one attached hydrogen (secondary N) is 1. The maximum Gasteiger partial charge on any atom is 0.259 e. The SMILES string of the molecule is CC=C1CC2(CCc3ccccc3CC2)C2(NC(=S)N(C)C2=O)C1=CC. The third kappa shape index (κ3) is 2.11. The first-order chi connectivity index (χ1) is 12.5. The molecule has 1 aromatic carbocycles. The number of nitrogens with zero attached hydrogens (tertiary/aromatic N) is 1. The first-order valence-corrected chi connectivity index (χ1v) is 9.89. The summed E-state index contributed by atoms with van der Waals surface area (Å²) in [6, 6.07) is 8.73. The van der Waals surface area contributed by atoms with E-state index in [0.29, 0.717) is 5.11 Å². The van der Waals surface area contributed by atoms with E-state index in [0.717, 1.165) is 37.7 Å². The number of allylic oxidation sites excluding steroid dienone is 2. The smallest absolute Gasteiger partial charge is 0.259 e. The van der Waals surface area contributed by atoms with E-state index in [2.05, 4.69) is 48.7 Å². The van der Waals surface area contributed by atoms with E-state index in [1.807, 2.05) is 6.92 Å². The maximum atomic E-state index is 13.5. The Labute approximate surface area is 161 Å². The van der Waals surface area contributed by atoms with Gasteiger partial charge in [-0.15, -0.1) is 0 Å². The predicted octanol–water partition coefficient (Wildman–Crippen LogP) is 3.93. The molecular formula is C22H26N2OS. The molecular weight excluding hydrogens is 340 g/mol. The summed E-state index contributed by atoms with van der Waals surface area (Å²) in [7, 11) is 1.80. The van der Waals surface area contributed by atoms with Crippen LogP contribution in [0.5, 0.6) is 0 Å². The van der Waals surface area contributed by atoms with Gasteiger partial charge in [-0.3, -0.25) is 9.69 Å². The quantitative estimate of drug-likeness (QED) is 0.706. The van der Waals surface area contributed by atoms with Crippen molar-refractivity contribution in [1.82, 2.24) is 10.2 Å². The van der Waals surface area contributed by atoms with Crippen molar-refractivity contribution in [1.29, 1.82) is 0 Å². The van der Waals surface area contributed by atoms with Crippen LogP contribution in [0.2, 0.25) is 0 Å². The Balaban J connectivity index is 1.87. The highest BCUT2D eigenvalue weighted by Gasteiger charge is 2.67. The summed E-state index contributed by atoms with van der Waals surface area (Å²) < 4.78 is 0. The van der Waals surface area contributed by atoms with Crippen LogP contribution >= 0.6 is 12.2 Å². The Bertz CT molecular complexity index is 826. The van der Waals surface area contributed by atoms with Crippen molar-refractivity contribution in [3.05, 3.63) is 58.7 Å². The Morgan fingerprint density at radius 2 is 1.73 bits per heavy atom. The van der Waals surface area contributed by atoms with E-state index in [9.17, 15) is 4.79 Å². The average Bonchev–Trinajstić information content (AvgIpc) is 2.94. The molecule has 3 aliphatic rings. The minimum Gasteiger partial charge on any atom is -0.344 e. The number of amides is 1. The molecule has 1 unspecified atom stereocenters. The van der Waals surface area contributed by atoms with Crippen molar-refractivity contribution in [3.8, 4) is 0 Å². The molecule has 4 heteroatoms. The fraction of sp³-hybridized carbons (Fsp3) is 0.455. The lowest BCUT2D eigenvalue weighted by Gasteiger charge is -2.41. The zero-order valence-corrected chi connectivity index (χ0v) is 16.6. The molecule has 0 bridgehead atoms. The van der Waals surface area contributed by atoms with Gasteiger partial charge in [-0.05, 0) is 80.4 Å². The first-order valence-electron chi connectivity index (χ1n) is 9.48. The Kier molecular flexibility index (Phi) is 4.07. The first kappa shape index (κ1) is 17.5. The third-order valence-electron chi connectivity index (χ3n) is 6.80. The predicted molar refractivity (Wildman–Crippen MR) is 109 cm³/mol. The molecule has 136 valence electrons. The van der Waals surface area contributed by atoms with Crippen LogP contribution in [0.3, 0.4) is 0 Å². The number of aryl methyl sites for hydroxylation is 2. The van der Waals surface area contributed by atoms with E-state index in [4.69, 9.17) is 12.2 Å². The molecule has 1 saturated carbocycles. The normalized spacial score (nSPS) is 30.3. The number of hydrogen-bond donors (Lipinski definition) is 1. The van der Waals surface area contributed by atoms with Crippen molar-refractivity contribution in [3.63, 3.8) is 0 Å². The highest BCUT2D eigenvalue weighted by Crippen LogP contribution is 2.60. The van der Waals surface area contributed by atoms with Crippen LogP contribution in [0.1, 0.15) is 44.2 Å². The summed E-state index contributed by atoms with van der Waals surface area (Å²) in [5, 5.41) is 4.06. The maximum absolute atomic E-state index is 13.5. The van der Waals surface area contributed by atoms with Gasteiger partial charge < -0.3 is 5.32 Å². The zero-order valence-electron chi connectivity index (χ0n) is 15.8. The Hall–Kier alpha value is -1.94. The van der Waals surface area contributed by atoms with Crippen molar-refractivity contribution in [2.75, 3.05) is 7.05 Å². The molecule has 2 spiro atoms. The van der Waals surface area contributed by atoms with Crippen LogP contribution in [0.25, 0.3) is 0 Å². The number of likely N-dealkylation sites (N-methyl/N-ethyl adjacent to an activating group) is 1. The minimum atomic E-state index is -0.711. The minimum absolute atomic E-state index is 0.110. The lowest BCUT2D eigenvalue weighted by Crippen LogP contribution is -2.58. The van der Waals surface area contributed by atoms with Crippen molar-refractivity contribution < 1.29 is 4.79 Å². The number of hydrogen-bond acceptors (Lipinski definition) is 2. The molecule has 0 radical (unpaired) electrons. The van der Waals surface area contributed by atoms with Crippen LogP contribution in [-0.4, -0.2) is 28.5 Å². The molecule has 1 saturated heterocycles. The van der Waals surface area contributed by atoms with E-state index >= 15 is 0 Å². The van der Waals surface area contributed by atoms with Gasteiger partial charge in [0.15, 0.2) is 10.7 Å². The van der Waals surface area contributed by atoms with Crippen LogP contribution in [0, 0.1) is 5.41 Å². The summed E-state index contributed by atoms with van der Waals surface area (Å²) in [5.74, 6) is 0.110. The molecule has 2 fully saturated rings. The van der Waals surface area contributed by atoms with Crippen LogP contribution < -0.4 is 5.32 Å². The summed E-state index contributed by atoms with van der Waals surface area (Å²) in [6.07, 6.45) is 9.25. The second kappa shape index (κ2) is 6.05. The number of carbonyl (C=O) groups is 1. The number of thiocarbonyl (C=S) groups is 1. The lowest BCUT2D eigenvalue weighted by atomic mass is 9.65. The molecule has 26 heavy (non-hydrogen) atoms. The number of rotatable bonds is 0. The number of fused-ring (bicyclic) bond motifs is 2. The van der Waals surface area contributed by atoms with E-state index in [1.54, 1.807) is 11.9 Å². The zero-order chi connectivity index (χ0) is 18.5. The van der Waals surface area contributed by atoms with Gasteiger partial charge in [0.1, 0.15) is 0 Å².